The molecule has 7 rings (SSSR count). The predicted molar refractivity (Wildman–Crippen MR) is 146 cm³/mol. The highest BCUT2D eigenvalue weighted by atomic mass is 19.2. The number of aromatic nitrogens is 1. The minimum atomic E-state index is -1.66. The van der Waals surface area contributed by atoms with Crippen molar-refractivity contribution in [1.82, 2.24) is 14.8 Å². The maximum atomic E-state index is 15.6. The van der Waals surface area contributed by atoms with Crippen LogP contribution in [0, 0.1) is 0 Å². The van der Waals surface area contributed by atoms with E-state index in [0.717, 1.165) is 65.8 Å². The smallest absolute Gasteiger partial charge is 0.213 e. The van der Waals surface area contributed by atoms with E-state index in [4.69, 9.17) is 4.74 Å². The third kappa shape index (κ3) is 4.58. The van der Waals surface area contributed by atoms with E-state index in [1.807, 2.05) is 54.6 Å². The van der Waals surface area contributed by atoms with Crippen molar-refractivity contribution >= 4 is 10.9 Å². The fourth-order valence-electron chi connectivity index (χ4n) is 6.33. The molecule has 5 nitrogen and oxygen atoms in total. The Kier molecular flexibility index (Phi) is 6.30. The van der Waals surface area contributed by atoms with Gasteiger partial charge in [-0.15, -0.1) is 0 Å². The van der Waals surface area contributed by atoms with Crippen LogP contribution in [0.3, 0.4) is 0 Å². The Morgan fingerprint density at radius 3 is 2.46 bits per heavy atom. The summed E-state index contributed by atoms with van der Waals surface area (Å²) in [5, 5.41) is 11.7. The molecule has 0 spiro atoms. The van der Waals surface area contributed by atoms with Crippen molar-refractivity contribution in [2.24, 2.45) is 0 Å². The van der Waals surface area contributed by atoms with Crippen LogP contribution in [0.15, 0.2) is 72.8 Å². The number of hydrogen-bond donors (Lipinski definition) is 1. The number of ether oxygens (including phenoxy) is 1. The quantitative estimate of drug-likeness (QED) is 0.324. The molecule has 200 valence electrons. The number of aliphatic hydroxyl groups is 1. The summed E-state index contributed by atoms with van der Waals surface area (Å²) in [6, 6.07) is 23.0. The van der Waals surface area contributed by atoms with Gasteiger partial charge in [-0.25, -0.2) is 13.8 Å². The average molecular weight is 528 g/mol. The highest BCUT2D eigenvalue weighted by Crippen LogP contribution is 2.52. The van der Waals surface area contributed by atoms with E-state index < -0.39 is 18.4 Å². The molecular weight excluding hydrogens is 496 g/mol. The molecule has 1 saturated heterocycles. The molecule has 4 aromatic rings. The number of hydrogen-bond acceptors (Lipinski definition) is 5. The van der Waals surface area contributed by atoms with E-state index >= 15 is 8.78 Å². The van der Waals surface area contributed by atoms with Crippen LogP contribution in [0.5, 0.6) is 5.88 Å². The molecule has 1 aliphatic heterocycles. The van der Waals surface area contributed by atoms with Gasteiger partial charge in [0.1, 0.15) is 12.7 Å². The van der Waals surface area contributed by atoms with Crippen LogP contribution in [-0.4, -0.2) is 65.3 Å². The van der Waals surface area contributed by atoms with Crippen molar-refractivity contribution in [3.63, 3.8) is 0 Å². The van der Waals surface area contributed by atoms with E-state index in [1.54, 1.807) is 12.1 Å². The lowest BCUT2D eigenvalue weighted by atomic mass is 9.92. The van der Waals surface area contributed by atoms with Gasteiger partial charge in [0.05, 0.1) is 11.6 Å². The summed E-state index contributed by atoms with van der Waals surface area (Å²) in [6.07, 6.45) is -3.20. The standard InChI is InChI=1S/C32H31F2N3O2/c33-30-23-6-2-3-7-24(23)32(25-11-9-21-17-26(21)29(25)31(30)34)37-15-13-36(14-16-37)18-22(38)19-39-28-12-10-20-5-1-4-8-27(20)35-28/h1-12,22,30-32,38H,13-19H2/t22?,30?,31-,32?/m0/s1. The number of fused-ring (bicyclic) bond motifs is 5. The Bertz CT molecular complexity index is 1520. The minimum Gasteiger partial charge on any atom is -0.475 e. The molecule has 3 aliphatic rings. The maximum absolute atomic E-state index is 15.6. The molecule has 1 fully saturated rings. The second-order valence-electron chi connectivity index (χ2n) is 10.9. The van der Waals surface area contributed by atoms with Crippen molar-refractivity contribution in [3.05, 3.63) is 106 Å². The fourth-order valence-corrected chi connectivity index (χ4v) is 6.33. The molecule has 3 unspecified atom stereocenters. The monoisotopic (exact) mass is 527 g/mol. The maximum Gasteiger partial charge on any atom is 0.213 e. The normalized spacial score (nSPS) is 23.4. The number of pyridine rings is 1. The Morgan fingerprint density at radius 1 is 0.846 bits per heavy atom. The van der Waals surface area contributed by atoms with Crippen LogP contribution in [0.1, 0.15) is 51.8 Å². The van der Waals surface area contributed by atoms with Crippen LogP contribution in [-0.2, 0) is 6.42 Å². The first-order valence-electron chi connectivity index (χ1n) is 13.7. The molecule has 4 atom stereocenters. The molecule has 1 N–H and O–H groups in total. The Morgan fingerprint density at radius 2 is 1.62 bits per heavy atom. The molecule has 0 saturated carbocycles. The Balaban J connectivity index is 1.03. The lowest BCUT2D eigenvalue weighted by Crippen LogP contribution is -2.50. The second-order valence-corrected chi connectivity index (χ2v) is 10.9. The number of para-hydroxylation sites is 1. The van der Waals surface area contributed by atoms with Crippen LogP contribution in [0.25, 0.3) is 10.9 Å². The van der Waals surface area contributed by atoms with Gasteiger partial charge in [-0.1, -0.05) is 54.6 Å². The summed E-state index contributed by atoms with van der Waals surface area (Å²) in [7, 11) is 0. The van der Waals surface area contributed by atoms with Gasteiger partial charge in [0.25, 0.3) is 0 Å². The topological polar surface area (TPSA) is 48.8 Å². The number of nitrogens with zero attached hydrogens (tertiary/aromatic N) is 3. The second kappa shape index (κ2) is 9.97. The van der Waals surface area contributed by atoms with E-state index in [9.17, 15) is 5.11 Å². The lowest BCUT2D eigenvalue weighted by Gasteiger charge is -2.40. The van der Waals surface area contributed by atoms with Crippen molar-refractivity contribution in [2.75, 3.05) is 39.3 Å². The number of benzene rings is 3. The number of aliphatic hydroxyl groups excluding tert-OH is 1. The van der Waals surface area contributed by atoms with Gasteiger partial charge in [-0.05, 0) is 51.9 Å². The highest BCUT2D eigenvalue weighted by Gasteiger charge is 2.42. The predicted octanol–water partition coefficient (Wildman–Crippen LogP) is 5.32. The molecule has 7 heteroatoms. The van der Waals surface area contributed by atoms with Crippen molar-refractivity contribution in [2.45, 2.75) is 30.9 Å². The molecule has 0 amide bonds. The van der Waals surface area contributed by atoms with Gasteiger partial charge in [-0.2, -0.15) is 0 Å². The minimum absolute atomic E-state index is 0.163. The summed E-state index contributed by atoms with van der Waals surface area (Å²) >= 11 is 0. The van der Waals surface area contributed by atoms with Crippen LogP contribution >= 0.6 is 0 Å². The zero-order chi connectivity index (χ0) is 26.5. The van der Waals surface area contributed by atoms with Crippen molar-refractivity contribution in [1.29, 1.82) is 0 Å². The third-order valence-electron chi connectivity index (χ3n) is 8.38. The summed E-state index contributed by atoms with van der Waals surface area (Å²) in [5.41, 5.74) is 5.76. The van der Waals surface area contributed by atoms with Gasteiger partial charge < -0.3 is 9.84 Å². The Labute approximate surface area is 226 Å². The molecule has 1 aromatic heterocycles. The van der Waals surface area contributed by atoms with Crippen LogP contribution < -0.4 is 4.74 Å². The molecule has 2 heterocycles. The zero-order valence-corrected chi connectivity index (χ0v) is 21.6. The molecule has 0 bridgehead atoms. The first-order chi connectivity index (χ1) is 19.1. The Hall–Kier alpha value is -3.39. The van der Waals surface area contributed by atoms with E-state index in [1.165, 1.54) is 0 Å². The van der Waals surface area contributed by atoms with E-state index in [-0.39, 0.29) is 12.6 Å². The number of β-amino-alcohol motifs (C(OH)–C–C–N with tert-alkyl or cyclic N) is 1. The summed E-state index contributed by atoms with van der Waals surface area (Å²) < 4.78 is 36.9. The van der Waals surface area contributed by atoms with Gasteiger partial charge in [0.15, 0.2) is 12.3 Å². The largest absolute Gasteiger partial charge is 0.475 e. The molecule has 3 aromatic carbocycles. The third-order valence-corrected chi connectivity index (χ3v) is 8.38. The summed E-state index contributed by atoms with van der Waals surface area (Å²) in [4.78, 5) is 9.08. The van der Waals surface area contributed by atoms with Gasteiger partial charge >= 0.3 is 0 Å². The lowest BCUT2D eigenvalue weighted by molar-refractivity contribution is 0.0391. The summed E-state index contributed by atoms with van der Waals surface area (Å²) in [6.45, 7) is 3.64. The zero-order valence-electron chi connectivity index (χ0n) is 21.6. The van der Waals surface area contributed by atoms with Gasteiger partial charge in [-0.3, -0.25) is 9.80 Å². The van der Waals surface area contributed by atoms with Crippen molar-refractivity contribution < 1.29 is 18.6 Å². The van der Waals surface area contributed by atoms with Crippen molar-refractivity contribution in [3.8, 4) is 5.88 Å². The number of halogens is 2. The summed E-state index contributed by atoms with van der Waals surface area (Å²) in [5.74, 6) is 0.500. The van der Waals surface area contributed by atoms with Gasteiger partial charge in [0.2, 0.25) is 5.88 Å². The SMILES string of the molecule is OC(COc1ccc2ccccc2n1)CN1CCN(C2c3ccccc3C(F)[C@@H](F)c3c2ccc2c3C2)CC1. The number of alkyl halides is 2. The highest BCUT2D eigenvalue weighted by molar-refractivity contribution is 5.78. The van der Waals surface area contributed by atoms with E-state index in [2.05, 4.69) is 20.9 Å². The molecular formula is C32H31F2N3O2. The van der Waals surface area contributed by atoms with Crippen LogP contribution in [0.2, 0.25) is 0 Å². The molecule has 2 aliphatic carbocycles. The number of piperazine rings is 1. The molecule has 39 heavy (non-hydrogen) atoms. The van der Waals surface area contributed by atoms with E-state index in [0.29, 0.717) is 23.6 Å². The number of rotatable bonds is 6. The first kappa shape index (κ1) is 24.6. The fraction of sp³-hybridized carbons (Fsp3) is 0.344. The average Bonchev–Trinajstić information content (AvgIpc) is 3.77. The first-order valence-corrected chi connectivity index (χ1v) is 13.7. The van der Waals surface area contributed by atoms with Gasteiger partial charge in [0, 0.05) is 44.2 Å². The molecule has 0 radical (unpaired) electrons. The van der Waals surface area contributed by atoms with Crippen LogP contribution in [0.4, 0.5) is 8.78 Å².